The summed E-state index contributed by atoms with van der Waals surface area (Å²) in [6.45, 7) is -0.729. The number of para-hydroxylation sites is 1. The van der Waals surface area contributed by atoms with Crippen LogP contribution in [0.4, 0.5) is 18.9 Å². The van der Waals surface area contributed by atoms with Crippen LogP contribution >= 0.6 is 0 Å². The van der Waals surface area contributed by atoms with Crippen LogP contribution in [-0.2, 0) is 5.60 Å². The zero-order valence-electron chi connectivity index (χ0n) is 17.4. The summed E-state index contributed by atoms with van der Waals surface area (Å²) >= 11 is 0. The molecule has 0 saturated heterocycles. The molecule has 33 heavy (non-hydrogen) atoms. The van der Waals surface area contributed by atoms with Crippen molar-refractivity contribution in [3.8, 4) is 5.69 Å². The summed E-state index contributed by atoms with van der Waals surface area (Å²) in [4.78, 5) is 0. The average Bonchev–Trinajstić information content (AvgIpc) is 3.25. The fourth-order valence-corrected chi connectivity index (χ4v) is 3.96. The SMILES string of the molecule is OC(CNc1ccc2ccccc2c1)(c1ccc2c(cnn2-c2ccccc2)c1)C(F)(F)F. The minimum Gasteiger partial charge on any atom is -0.381 e. The Morgan fingerprint density at radius 2 is 1.52 bits per heavy atom. The highest BCUT2D eigenvalue weighted by Crippen LogP contribution is 2.40. The number of hydrogen-bond donors (Lipinski definition) is 2. The number of alkyl halides is 3. The number of halogens is 3. The van der Waals surface area contributed by atoms with Crippen LogP contribution < -0.4 is 5.32 Å². The number of hydrogen-bond acceptors (Lipinski definition) is 3. The van der Waals surface area contributed by atoms with Crippen LogP contribution in [0.1, 0.15) is 5.56 Å². The summed E-state index contributed by atoms with van der Waals surface area (Å²) in [6.07, 6.45) is -3.39. The van der Waals surface area contributed by atoms with Gasteiger partial charge in [-0.1, -0.05) is 54.6 Å². The molecular formula is C26H20F3N3O. The maximum absolute atomic E-state index is 14.1. The van der Waals surface area contributed by atoms with Crippen molar-refractivity contribution in [2.75, 3.05) is 11.9 Å². The van der Waals surface area contributed by atoms with Gasteiger partial charge in [-0.15, -0.1) is 0 Å². The van der Waals surface area contributed by atoms with Gasteiger partial charge in [0.1, 0.15) is 0 Å². The first-order valence-corrected chi connectivity index (χ1v) is 10.4. The number of benzene rings is 4. The molecule has 5 aromatic rings. The summed E-state index contributed by atoms with van der Waals surface area (Å²) < 4.78 is 44.0. The van der Waals surface area contributed by atoms with Crippen LogP contribution in [0.25, 0.3) is 27.4 Å². The minimum absolute atomic E-state index is 0.247. The van der Waals surface area contributed by atoms with Crippen LogP contribution in [-0.4, -0.2) is 27.6 Å². The van der Waals surface area contributed by atoms with Crippen molar-refractivity contribution >= 4 is 27.4 Å². The number of nitrogens with one attached hydrogen (secondary N) is 1. The van der Waals surface area contributed by atoms with Gasteiger partial charge in [-0.3, -0.25) is 0 Å². The van der Waals surface area contributed by atoms with Crippen LogP contribution in [0.5, 0.6) is 0 Å². The minimum atomic E-state index is -4.89. The quantitative estimate of drug-likeness (QED) is 0.345. The second-order valence-corrected chi connectivity index (χ2v) is 7.94. The average molecular weight is 447 g/mol. The Bertz CT molecular complexity index is 1430. The molecule has 0 aliphatic carbocycles. The number of rotatable bonds is 5. The first kappa shape index (κ1) is 21.0. The Balaban J connectivity index is 1.48. The van der Waals surface area contributed by atoms with E-state index in [1.807, 2.05) is 60.7 Å². The van der Waals surface area contributed by atoms with Crippen molar-refractivity contribution in [1.82, 2.24) is 9.78 Å². The van der Waals surface area contributed by atoms with E-state index in [0.717, 1.165) is 16.5 Å². The highest BCUT2D eigenvalue weighted by Gasteiger charge is 2.55. The Hall–Kier alpha value is -3.84. The predicted octanol–water partition coefficient (Wildman–Crippen LogP) is 6.04. The molecule has 0 radical (unpaired) electrons. The lowest BCUT2D eigenvalue weighted by Gasteiger charge is -2.31. The van der Waals surface area contributed by atoms with Gasteiger partial charge >= 0.3 is 6.18 Å². The molecule has 166 valence electrons. The second kappa shape index (κ2) is 7.94. The van der Waals surface area contributed by atoms with Crippen LogP contribution in [0, 0.1) is 0 Å². The highest BCUT2D eigenvalue weighted by atomic mass is 19.4. The van der Waals surface area contributed by atoms with Gasteiger partial charge in [0.05, 0.1) is 23.9 Å². The van der Waals surface area contributed by atoms with E-state index in [9.17, 15) is 18.3 Å². The second-order valence-electron chi connectivity index (χ2n) is 7.94. The summed E-state index contributed by atoms with van der Waals surface area (Å²) in [5.74, 6) is 0. The Morgan fingerprint density at radius 3 is 2.27 bits per heavy atom. The zero-order valence-corrected chi connectivity index (χ0v) is 17.4. The van der Waals surface area contributed by atoms with E-state index in [2.05, 4.69) is 10.4 Å². The molecule has 2 N–H and O–H groups in total. The van der Waals surface area contributed by atoms with Gasteiger partial charge in [0.2, 0.25) is 5.60 Å². The molecule has 5 rings (SSSR count). The third kappa shape index (κ3) is 3.81. The maximum Gasteiger partial charge on any atom is 0.423 e. The van der Waals surface area contributed by atoms with Gasteiger partial charge in [-0.05, 0) is 52.7 Å². The molecule has 4 nitrogen and oxygen atoms in total. The molecule has 0 aliphatic heterocycles. The number of nitrogens with zero attached hydrogens (tertiary/aromatic N) is 2. The van der Waals surface area contributed by atoms with E-state index in [1.165, 1.54) is 18.3 Å². The molecule has 1 heterocycles. The molecule has 0 bridgehead atoms. The molecule has 0 saturated carbocycles. The topological polar surface area (TPSA) is 50.1 Å². The normalized spacial score (nSPS) is 13.8. The van der Waals surface area contributed by atoms with Crippen LogP contribution in [0.3, 0.4) is 0 Å². The Morgan fingerprint density at radius 1 is 0.788 bits per heavy atom. The van der Waals surface area contributed by atoms with Crippen molar-refractivity contribution < 1.29 is 18.3 Å². The zero-order chi connectivity index (χ0) is 23.1. The largest absolute Gasteiger partial charge is 0.423 e. The number of anilines is 1. The lowest BCUT2D eigenvalue weighted by atomic mass is 9.91. The van der Waals surface area contributed by atoms with E-state index < -0.39 is 18.3 Å². The molecule has 0 amide bonds. The fourth-order valence-electron chi connectivity index (χ4n) is 3.96. The number of fused-ring (bicyclic) bond motifs is 2. The summed E-state index contributed by atoms with van der Waals surface area (Å²) in [7, 11) is 0. The van der Waals surface area contributed by atoms with Crippen molar-refractivity contribution in [1.29, 1.82) is 0 Å². The number of aromatic nitrogens is 2. The van der Waals surface area contributed by atoms with Crippen molar-refractivity contribution in [2.45, 2.75) is 11.8 Å². The lowest BCUT2D eigenvalue weighted by molar-refractivity contribution is -0.260. The van der Waals surface area contributed by atoms with Gasteiger partial charge in [0.15, 0.2) is 0 Å². The van der Waals surface area contributed by atoms with E-state index in [4.69, 9.17) is 0 Å². The molecule has 1 atom stereocenters. The Labute approximate surface area is 187 Å². The van der Waals surface area contributed by atoms with E-state index in [0.29, 0.717) is 16.6 Å². The molecular weight excluding hydrogens is 427 g/mol. The van der Waals surface area contributed by atoms with Gasteiger partial charge in [-0.25, -0.2) is 4.68 Å². The Kier molecular flexibility index (Phi) is 5.06. The predicted molar refractivity (Wildman–Crippen MR) is 123 cm³/mol. The van der Waals surface area contributed by atoms with E-state index in [1.54, 1.807) is 22.9 Å². The maximum atomic E-state index is 14.1. The standard InChI is InChI=1S/C26H20F3N3O/c27-26(28,29)25(33,17-30-22-12-10-18-6-4-5-7-19(18)15-22)21-11-13-24-20(14-21)16-31-32(24)23-8-2-1-3-9-23/h1-16,30,33H,17H2. The molecule has 0 fully saturated rings. The summed E-state index contributed by atoms with van der Waals surface area (Å²) in [5, 5.41) is 20.3. The fraction of sp³-hybridized carbons (Fsp3) is 0.115. The first-order chi connectivity index (χ1) is 15.8. The summed E-state index contributed by atoms with van der Waals surface area (Å²) in [6, 6.07) is 26.4. The van der Waals surface area contributed by atoms with E-state index >= 15 is 0 Å². The molecule has 1 unspecified atom stereocenters. The molecule has 1 aromatic heterocycles. The number of aliphatic hydroxyl groups is 1. The van der Waals surface area contributed by atoms with Gasteiger partial charge in [0.25, 0.3) is 0 Å². The van der Waals surface area contributed by atoms with Gasteiger partial charge in [-0.2, -0.15) is 18.3 Å². The smallest absolute Gasteiger partial charge is 0.381 e. The monoisotopic (exact) mass is 447 g/mol. The highest BCUT2D eigenvalue weighted by molar-refractivity contribution is 5.85. The van der Waals surface area contributed by atoms with Gasteiger partial charge < -0.3 is 10.4 Å². The van der Waals surface area contributed by atoms with Crippen molar-refractivity contribution in [3.05, 3.63) is 103 Å². The third-order valence-electron chi connectivity index (χ3n) is 5.81. The third-order valence-corrected chi connectivity index (χ3v) is 5.81. The van der Waals surface area contributed by atoms with Gasteiger partial charge in [0, 0.05) is 11.1 Å². The van der Waals surface area contributed by atoms with E-state index in [-0.39, 0.29) is 5.56 Å². The summed E-state index contributed by atoms with van der Waals surface area (Å²) in [5.41, 5.74) is -1.39. The molecule has 7 heteroatoms. The van der Waals surface area contributed by atoms with Crippen molar-refractivity contribution in [3.63, 3.8) is 0 Å². The first-order valence-electron chi connectivity index (χ1n) is 10.4. The lowest BCUT2D eigenvalue weighted by Crippen LogP contribution is -2.47. The van der Waals surface area contributed by atoms with Crippen molar-refractivity contribution in [2.24, 2.45) is 0 Å². The molecule has 4 aromatic carbocycles. The molecule has 0 aliphatic rings. The van der Waals surface area contributed by atoms with Crippen LogP contribution in [0.2, 0.25) is 0 Å². The van der Waals surface area contributed by atoms with Crippen LogP contribution in [0.15, 0.2) is 97.2 Å². The molecule has 0 spiro atoms.